The van der Waals surface area contributed by atoms with Crippen molar-refractivity contribution in [3.8, 4) is 0 Å². The molecular formula is C3H8B2OS2. The quantitative estimate of drug-likeness (QED) is 0.343. The second-order valence-corrected chi connectivity index (χ2v) is 3.11. The third-order valence-electron chi connectivity index (χ3n) is 0.618. The summed E-state index contributed by atoms with van der Waals surface area (Å²) in [7, 11) is 0. The standard InChI is InChI=1S/C3H8B2OS2/c1-2-3-8(6)5-4-7/h7H,2-3H2,1H3. The van der Waals surface area contributed by atoms with Crippen molar-refractivity contribution in [2.45, 2.75) is 13.3 Å². The summed E-state index contributed by atoms with van der Waals surface area (Å²) in [4.78, 5) is 0. The van der Waals surface area contributed by atoms with Crippen LogP contribution in [-0.2, 0) is 11.0 Å². The SMILES string of the molecule is CCC[S+]([O-])B=BS. The second kappa shape index (κ2) is 5.92. The Morgan fingerprint density at radius 3 is 2.75 bits per heavy atom. The fourth-order valence-electron chi connectivity index (χ4n) is 0.337. The maximum atomic E-state index is 10.6. The molecule has 0 fully saturated rings. The molecule has 1 atom stereocenters. The van der Waals surface area contributed by atoms with E-state index < -0.39 is 11.0 Å². The van der Waals surface area contributed by atoms with Crippen LogP contribution in [0.15, 0.2) is 0 Å². The molecule has 0 saturated carbocycles. The van der Waals surface area contributed by atoms with Gasteiger partial charge in [0.1, 0.15) is 0 Å². The van der Waals surface area contributed by atoms with Gasteiger partial charge in [0.25, 0.3) is 0 Å². The number of hydrogen-bond donors (Lipinski definition) is 1. The van der Waals surface area contributed by atoms with E-state index in [2.05, 4.69) is 12.5 Å². The van der Waals surface area contributed by atoms with E-state index in [-0.39, 0.29) is 0 Å². The third kappa shape index (κ3) is 4.94. The van der Waals surface area contributed by atoms with Crippen LogP contribution in [0.3, 0.4) is 0 Å². The first-order valence-corrected chi connectivity index (χ1v) is 4.39. The molecule has 1 nitrogen and oxygen atoms in total. The average molecular weight is 146 g/mol. The van der Waals surface area contributed by atoms with E-state index in [0.29, 0.717) is 0 Å². The van der Waals surface area contributed by atoms with Gasteiger partial charge in [-0.1, -0.05) is 0 Å². The average Bonchev–Trinajstić information content (AvgIpc) is 1.68. The minimum absolute atomic E-state index is 0.747. The van der Waals surface area contributed by atoms with Gasteiger partial charge in [-0.3, -0.25) is 0 Å². The van der Waals surface area contributed by atoms with Crippen LogP contribution in [0, 0.1) is 0 Å². The van der Waals surface area contributed by atoms with E-state index in [1.165, 1.54) is 6.08 Å². The van der Waals surface area contributed by atoms with Crippen molar-refractivity contribution in [1.82, 2.24) is 0 Å². The van der Waals surface area contributed by atoms with E-state index in [0.717, 1.165) is 12.2 Å². The summed E-state index contributed by atoms with van der Waals surface area (Å²) in [6, 6.07) is 0. The van der Waals surface area contributed by atoms with Crippen LogP contribution in [0.2, 0.25) is 0 Å². The molecule has 0 saturated heterocycles. The zero-order valence-corrected chi connectivity index (χ0v) is 6.54. The molecular weight excluding hydrogens is 138 g/mol. The predicted octanol–water partition coefficient (Wildman–Crippen LogP) is 0.228. The topological polar surface area (TPSA) is 23.1 Å². The van der Waals surface area contributed by atoms with Crippen molar-refractivity contribution in [3.63, 3.8) is 0 Å². The zero-order valence-electron chi connectivity index (χ0n) is 4.83. The predicted molar refractivity (Wildman–Crippen MR) is 43.8 cm³/mol. The van der Waals surface area contributed by atoms with Crippen LogP contribution in [-0.4, -0.2) is 22.5 Å². The Labute approximate surface area is 59.7 Å². The molecule has 0 aliphatic heterocycles. The summed E-state index contributed by atoms with van der Waals surface area (Å²) in [5.74, 6) is 0.747. The Morgan fingerprint density at radius 2 is 2.38 bits per heavy atom. The van der Waals surface area contributed by atoms with Crippen LogP contribution in [0.25, 0.3) is 0 Å². The van der Waals surface area contributed by atoms with Crippen LogP contribution in [0.5, 0.6) is 0 Å². The van der Waals surface area contributed by atoms with Gasteiger partial charge in [0.15, 0.2) is 0 Å². The van der Waals surface area contributed by atoms with Crippen LogP contribution >= 0.6 is 12.5 Å². The van der Waals surface area contributed by atoms with Gasteiger partial charge in [0, 0.05) is 0 Å². The van der Waals surface area contributed by atoms with E-state index >= 15 is 0 Å². The number of rotatable bonds is 3. The van der Waals surface area contributed by atoms with Gasteiger partial charge >= 0.3 is 59.3 Å². The molecule has 0 bridgehead atoms. The molecule has 0 radical (unpaired) electrons. The molecule has 5 heteroatoms. The molecule has 0 aromatic rings. The van der Waals surface area contributed by atoms with Crippen LogP contribution in [0.4, 0.5) is 0 Å². The second-order valence-electron chi connectivity index (χ2n) is 1.37. The normalized spacial score (nSPS) is 12.9. The van der Waals surface area contributed by atoms with Gasteiger partial charge < -0.3 is 0 Å². The van der Waals surface area contributed by atoms with E-state index in [1.54, 1.807) is 6.08 Å². The zero-order chi connectivity index (χ0) is 6.41. The monoisotopic (exact) mass is 146 g/mol. The Balaban J connectivity index is 3.17. The molecule has 0 heterocycles. The van der Waals surface area contributed by atoms with Crippen molar-refractivity contribution >= 4 is 35.7 Å². The molecule has 0 N–H and O–H groups in total. The maximum absolute atomic E-state index is 10.6. The Bertz CT molecular complexity index is 77.7. The van der Waals surface area contributed by atoms with E-state index in [9.17, 15) is 4.55 Å². The molecule has 8 heavy (non-hydrogen) atoms. The van der Waals surface area contributed by atoms with Gasteiger partial charge in [-0.15, -0.1) is 0 Å². The fraction of sp³-hybridized carbons (Fsp3) is 1.00. The van der Waals surface area contributed by atoms with Crippen molar-refractivity contribution in [2.24, 2.45) is 0 Å². The Hall–Kier alpha value is 0.790. The van der Waals surface area contributed by atoms with Gasteiger partial charge in [0.2, 0.25) is 0 Å². The van der Waals surface area contributed by atoms with Crippen LogP contribution < -0.4 is 0 Å². The molecule has 0 aromatic carbocycles. The van der Waals surface area contributed by atoms with Crippen LogP contribution in [0.1, 0.15) is 13.3 Å². The fourth-order valence-corrected chi connectivity index (χ4v) is 1.42. The van der Waals surface area contributed by atoms with Gasteiger partial charge in [-0.25, -0.2) is 0 Å². The summed E-state index contributed by atoms with van der Waals surface area (Å²) in [5, 5.41) is 0. The summed E-state index contributed by atoms with van der Waals surface area (Å²) < 4.78 is 10.6. The number of hydrogen-bond acceptors (Lipinski definition) is 2. The third-order valence-corrected chi connectivity index (χ3v) is 2.22. The number of thiol groups is 1. The molecule has 0 spiro atoms. The van der Waals surface area contributed by atoms with Crippen molar-refractivity contribution in [1.29, 1.82) is 0 Å². The summed E-state index contributed by atoms with van der Waals surface area (Å²) in [5.41, 5.74) is 0. The molecule has 1 unspecified atom stereocenters. The molecule has 44 valence electrons. The van der Waals surface area contributed by atoms with E-state index in [4.69, 9.17) is 0 Å². The molecule has 0 rings (SSSR count). The van der Waals surface area contributed by atoms with E-state index in [1.807, 2.05) is 6.92 Å². The van der Waals surface area contributed by atoms with Crippen molar-refractivity contribution in [2.75, 3.05) is 5.75 Å². The van der Waals surface area contributed by atoms with Gasteiger partial charge in [-0.2, -0.15) is 0 Å². The van der Waals surface area contributed by atoms with Crippen molar-refractivity contribution in [3.05, 3.63) is 0 Å². The summed E-state index contributed by atoms with van der Waals surface area (Å²) >= 11 is 3.00. The molecule has 0 aromatic heterocycles. The Kier molecular flexibility index (Phi) is 6.50. The molecule has 0 aliphatic rings. The first-order chi connectivity index (χ1) is 3.81. The first kappa shape index (κ1) is 8.79. The summed E-state index contributed by atoms with van der Waals surface area (Å²) in [6.07, 6.45) is 4.07. The minimum atomic E-state index is -0.777. The molecule has 0 aliphatic carbocycles. The Morgan fingerprint density at radius 1 is 1.75 bits per heavy atom. The first-order valence-electron chi connectivity index (χ1n) is 2.49. The summed E-state index contributed by atoms with van der Waals surface area (Å²) in [6.45, 7) is 2.00. The van der Waals surface area contributed by atoms with Gasteiger partial charge in [-0.05, 0) is 0 Å². The van der Waals surface area contributed by atoms with Crippen molar-refractivity contribution < 1.29 is 4.55 Å². The van der Waals surface area contributed by atoms with Gasteiger partial charge in [0.05, 0.1) is 0 Å². The molecule has 0 amide bonds.